The fourth-order valence-corrected chi connectivity index (χ4v) is 2.83. The van der Waals surface area contributed by atoms with E-state index in [1.54, 1.807) is 0 Å². The molecule has 0 radical (unpaired) electrons. The molecule has 1 aliphatic heterocycles. The second-order valence-corrected chi connectivity index (χ2v) is 7.93. The van der Waals surface area contributed by atoms with Gasteiger partial charge in [0.1, 0.15) is 13.0 Å². The summed E-state index contributed by atoms with van der Waals surface area (Å²) in [6.45, 7) is 3.94. The summed E-state index contributed by atoms with van der Waals surface area (Å²) in [5.41, 5.74) is -1.19. The normalized spacial score (nSPS) is 20.3. The lowest BCUT2D eigenvalue weighted by atomic mass is 9.86. The van der Waals surface area contributed by atoms with Crippen molar-refractivity contribution in [1.82, 2.24) is 10.6 Å². The van der Waals surface area contributed by atoms with Crippen molar-refractivity contribution in [3.8, 4) is 0 Å². The third-order valence-electron chi connectivity index (χ3n) is 3.69. The van der Waals surface area contributed by atoms with Crippen LogP contribution in [0.5, 0.6) is 0 Å². The molecule has 28 heavy (non-hydrogen) atoms. The van der Waals surface area contributed by atoms with Gasteiger partial charge < -0.3 is 20.1 Å². The fourth-order valence-electron chi connectivity index (χ4n) is 2.17. The number of nitrogens with one attached hydrogen (secondary N) is 2. The Bertz CT molecular complexity index is 662. The number of rotatable bonds is 4. The minimum atomic E-state index is -1.40. The first-order valence-corrected chi connectivity index (χ1v) is 9.58. The maximum atomic E-state index is 12.5. The summed E-state index contributed by atoms with van der Waals surface area (Å²) < 4.78 is 10.1. The number of cyclic esters (lactones) is 1. The van der Waals surface area contributed by atoms with Crippen LogP contribution in [0, 0.1) is 5.41 Å². The maximum absolute atomic E-state index is 12.5. The molecule has 11 heteroatoms. The Kier molecular flexibility index (Phi) is 9.10. The van der Waals surface area contributed by atoms with Crippen molar-refractivity contribution in [2.24, 2.45) is 5.41 Å². The van der Waals surface area contributed by atoms with E-state index >= 15 is 0 Å². The highest BCUT2D eigenvalue weighted by Gasteiger charge is 2.40. The number of ether oxygens (including phenoxy) is 2. The molecule has 0 aromatic rings. The van der Waals surface area contributed by atoms with Gasteiger partial charge in [0, 0.05) is 37.6 Å². The van der Waals surface area contributed by atoms with Gasteiger partial charge in [-0.1, -0.05) is 25.6 Å². The number of carbonyl (C=O) groups is 6. The number of Topliss-reactive ketones (excluding diaryl/α,β-unsaturated/α-hetero) is 1. The molecule has 0 saturated carbocycles. The summed E-state index contributed by atoms with van der Waals surface area (Å²) in [5.74, 6) is -3.48. The zero-order chi connectivity index (χ0) is 21.3. The van der Waals surface area contributed by atoms with Gasteiger partial charge in [-0.05, 0) is 0 Å². The number of ketones is 1. The molecule has 1 heterocycles. The summed E-state index contributed by atoms with van der Waals surface area (Å²) in [7, 11) is 0. The van der Waals surface area contributed by atoms with Crippen LogP contribution in [0.2, 0.25) is 0 Å². The number of carbonyl (C=O) groups excluding carboxylic acids is 6. The summed E-state index contributed by atoms with van der Waals surface area (Å²) >= 11 is 0.874. The van der Waals surface area contributed by atoms with Crippen LogP contribution in [0.15, 0.2) is 0 Å². The first kappa shape index (κ1) is 23.6. The highest BCUT2D eigenvalue weighted by molar-refractivity contribution is 8.13. The molecular formula is C17H24N2O8S. The molecule has 1 rings (SSSR count). The van der Waals surface area contributed by atoms with Crippen molar-refractivity contribution in [3.63, 3.8) is 0 Å². The second-order valence-electron chi connectivity index (χ2n) is 6.78. The zero-order valence-electron chi connectivity index (χ0n) is 16.0. The van der Waals surface area contributed by atoms with Gasteiger partial charge in [-0.3, -0.25) is 24.0 Å². The van der Waals surface area contributed by atoms with E-state index in [-0.39, 0.29) is 32.0 Å². The van der Waals surface area contributed by atoms with Crippen LogP contribution in [-0.2, 0) is 38.2 Å². The molecule has 0 aliphatic carbocycles. The van der Waals surface area contributed by atoms with Crippen LogP contribution < -0.4 is 10.6 Å². The lowest BCUT2D eigenvalue weighted by Gasteiger charge is -2.32. The van der Waals surface area contributed by atoms with E-state index in [1.807, 2.05) is 0 Å². The van der Waals surface area contributed by atoms with Gasteiger partial charge in [-0.25, -0.2) is 4.79 Å². The minimum Gasteiger partial charge on any atom is -0.459 e. The van der Waals surface area contributed by atoms with Crippen molar-refractivity contribution in [1.29, 1.82) is 0 Å². The highest BCUT2D eigenvalue weighted by atomic mass is 32.2. The Morgan fingerprint density at radius 1 is 1.18 bits per heavy atom. The molecule has 0 unspecified atom stereocenters. The molecule has 2 amide bonds. The molecule has 1 aliphatic rings. The molecule has 0 aromatic carbocycles. The van der Waals surface area contributed by atoms with E-state index in [2.05, 4.69) is 10.6 Å². The van der Waals surface area contributed by atoms with Gasteiger partial charge in [-0.15, -0.1) is 0 Å². The molecule has 10 nitrogen and oxygen atoms in total. The first-order valence-electron chi connectivity index (χ1n) is 8.60. The van der Waals surface area contributed by atoms with E-state index in [0.29, 0.717) is 5.75 Å². The maximum Gasteiger partial charge on any atom is 0.374 e. The van der Waals surface area contributed by atoms with E-state index in [9.17, 15) is 28.8 Å². The van der Waals surface area contributed by atoms with Gasteiger partial charge >= 0.3 is 11.9 Å². The second kappa shape index (κ2) is 10.8. The lowest BCUT2D eigenvalue weighted by Crippen LogP contribution is -2.49. The average molecular weight is 416 g/mol. The summed E-state index contributed by atoms with van der Waals surface area (Å²) in [6.07, 6.45) is -1.94. The van der Waals surface area contributed by atoms with Crippen LogP contribution in [0.4, 0.5) is 0 Å². The van der Waals surface area contributed by atoms with E-state index in [0.717, 1.165) is 18.7 Å². The van der Waals surface area contributed by atoms with Crippen molar-refractivity contribution in [3.05, 3.63) is 0 Å². The Balaban J connectivity index is 2.94. The summed E-state index contributed by atoms with van der Waals surface area (Å²) in [4.78, 5) is 70.5. The predicted octanol–water partition coefficient (Wildman–Crippen LogP) is -0.657. The molecule has 2 N–H and O–H groups in total. The van der Waals surface area contributed by atoms with E-state index in [4.69, 9.17) is 9.47 Å². The van der Waals surface area contributed by atoms with Gasteiger partial charge in [0.25, 0.3) is 5.91 Å². The van der Waals surface area contributed by atoms with E-state index < -0.39 is 46.7 Å². The third kappa shape index (κ3) is 8.07. The Morgan fingerprint density at radius 3 is 2.50 bits per heavy atom. The number of esters is 2. The number of thioether (sulfide) groups is 1. The van der Waals surface area contributed by atoms with Crippen LogP contribution in [0.3, 0.4) is 0 Å². The van der Waals surface area contributed by atoms with Gasteiger partial charge in [0.05, 0.1) is 0 Å². The van der Waals surface area contributed by atoms with Crippen molar-refractivity contribution < 1.29 is 38.2 Å². The third-order valence-corrected chi connectivity index (χ3v) is 4.56. The molecule has 0 aromatic heterocycles. The smallest absolute Gasteiger partial charge is 0.374 e. The number of hydrogen-bond donors (Lipinski definition) is 2. The largest absolute Gasteiger partial charge is 0.459 e. The van der Waals surface area contributed by atoms with Gasteiger partial charge in [-0.2, -0.15) is 0 Å². The molecular weight excluding hydrogens is 392 g/mol. The Hall–Kier alpha value is -2.43. The standard InChI is InChI=1S/C17H24N2O8S/c1-10(20)16(25)26-9-17(2,3)14-15(24)19-5-4-11(21)18-6-7-28-13(23)8-12(22)27-14/h14H,4-9H2,1-3H3,(H,18,21)(H,19,24)/t14-/m0/s1. The molecule has 1 atom stereocenters. The first-order chi connectivity index (χ1) is 13.0. The molecule has 1 fully saturated rings. The topological polar surface area (TPSA) is 145 Å². The van der Waals surface area contributed by atoms with Gasteiger partial charge in [0.2, 0.25) is 11.7 Å². The fraction of sp³-hybridized carbons (Fsp3) is 0.647. The summed E-state index contributed by atoms with van der Waals surface area (Å²) in [5, 5.41) is 4.63. The quantitative estimate of drug-likeness (QED) is 0.347. The van der Waals surface area contributed by atoms with Crippen molar-refractivity contribution in [2.45, 2.75) is 39.7 Å². The summed E-state index contributed by atoms with van der Waals surface area (Å²) in [6, 6.07) is 0. The molecule has 0 bridgehead atoms. The SMILES string of the molecule is CC(=O)C(=O)OCC(C)(C)[C@H]1OC(=O)CC(=O)SCCNC(=O)CCNC1=O. The van der Waals surface area contributed by atoms with Crippen molar-refractivity contribution in [2.75, 3.05) is 25.4 Å². The highest BCUT2D eigenvalue weighted by Crippen LogP contribution is 2.25. The van der Waals surface area contributed by atoms with Crippen molar-refractivity contribution >= 4 is 46.4 Å². The average Bonchev–Trinajstić information content (AvgIpc) is 2.60. The van der Waals surface area contributed by atoms with E-state index in [1.165, 1.54) is 13.8 Å². The molecule has 1 saturated heterocycles. The molecule has 156 valence electrons. The number of amides is 2. The predicted molar refractivity (Wildman–Crippen MR) is 98.0 cm³/mol. The van der Waals surface area contributed by atoms with Crippen LogP contribution in [-0.4, -0.2) is 66.2 Å². The van der Waals surface area contributed by atoms with Crippen LogP contribution >= 0.6 is 11.8 Å². The monoisotopic (exact) mass is 416 g/mol. The van der Waals surface area contributed by atoms with Crippen LogP contribution in [0.1, 0.15) is 33.6 Å². The van der Waals surface area contributed by atoms with Gasteiger partial charge in [0.15, 0.2) is 11.2 Å². The minimum absolute atomic E-state index is 0.00473. The zero-order valence-corrected chi connectivity index (χ0v) is 16.8. The Morgan fingerprint density at radius 2 is 1.86 bits per heavy atom. The molecule has 0 spiro atoms. The van der Waals surface area contributed by atoms with Crippen LogP contribution in [0.25, 0.3) is 0 Å². The lowest BCUT2D eigenvalue weighted by molar-refractivity contribution is -0.170. The Labute approximate surface area is 166 Å². The number of hydrogen-bond acceptors (Lipinski definition) is 9.